The minimum atomic E-state index is -0.996. The first-order chi connectivity index (χ1) is 11.4. The van der Waals surface area contributed by atoms with Gasteiger partial charge in [-0.2, -0.15) is 0 Å². The smallest absolute Gasteiger partial charge is 0.308 e. The molecule has 24 heavy (non-hydrogen) atoms. The minimum Gasteiger partial charge on any atom is -0.481 e. The van der Waals surface area contributed by atoms with E-state index in [1.165, 1.54) is 9.80 Å². The summed E-state index contributed by atoms with van der Waals surface area (Å²) in [5.41, 5.74) is 1.13. The van der Waals surface area contributed by atoms with E-state index in [1.807, 2.05) is 0 Å². The Morgan fingerprint density at radius 3 is 1.38 bits per heavy atom. The van der Waals surface area contributed by atoms with Gasteiger partial charge in [-0.15, -0.1) is 0 Å². The van der Waals surface area contributed by atoms with E-state index in [0.29, 0.717) is 11.4 Å². The first kappa shape index (κ1) is 16.0. The lowest BCUT2D eigenvalue weighted by atomic mass is 10.1. The second-order valence-corrected chi connectivity index (χ2v) is 6.00. The predicted octanol–water partition coefficient (Wildman–Crippen LogP) is 0.562. The van der Waals surface area contributed by atoms with Gasteiger partial charge in [-0.1, -0.05) is 0 Å². The molecule has 0 saturated carbocycles. The Labute approximate surface area is 137 Å². The van der Waals surface area contributed by atoms with Gasteiger partial charge in [0.2, 0.25) is 11.8 Å². The Bertz CT molecular complexity index is 653. The molecule has 2 saturated heterocycles. The molecule has 2 heterocycles. The third-order valence-electron chi connectivity index (χ3n) is 4.42. The van der Waals surface area contributed by atoms with Crippen molar-refractivity contribution in [2.24, 2.45) is 11.8 Å². The van der Waals surface area contributed by atoms with Gasteiger partial charge in [0.05, 0.1) is 11.8 Å². The number of amides is 2. The number of benzene rings is 1. The number of rotatable bonds is 4. The Morgan fingerprint density at radius 1 is 0.792 bits per heavy atom. The van der Waals surface area contributed by atoms with E-state index >= 15 is 0 Å². The summed E-state index contributed by atoms with van der Waals surface area (Å²) in [5.74, 6) is -3.92. The van der Waals surface area contributed by atoms with Crippen LogP contribution in [0.5, 0.6) is 0 Å². The van der Waals surface area contributed by atoms with Crippen LogP contribution in [0.4, 0.5) is 11.4 Å². The fourth-order valence-corrected chi connectivity index (χ4v) is 3.06. The highest BCUT2D eigenvalue weighted by atomic mass is 16.4. The summed E-state index contributed by atoms with van der Waals surface area (Å²) >= 11 is 0. The summed E-state index contributed by atoms with van der Waals surface area (Å²) in [6, 6.07) is 6.55. The zero-order valence-corrected chi connectivity index (χ0v) is 12.7. The normalized spacial score (nSPS) is 23.8. The number of anilines is 2. The van der Waals surface area contributed by atoms with Crippen LogP contribution in [0.15, 0.2) is 24.3 Å². The molecule has 0 spiro atoms. The van der Waals surface area contributed by atoms with Crippen molar-refractivity contribution < 1.29 is 29.4 Å². The molecular weight excluding hydrogens is 316 g/mol. The molecule has 2 unspecified atom stereocenters. The Balaban J connectivity index is 1.75. The quantitative estimate of drug-likeness (QED) is 0.832. The number of nitrogens with zero attached hydrogens (tertiary/aromatic N) is 2. The van der Waals surface area contributed by atoms with Gasteiger partial charge in [0.15, 0.2) is 0 Å². The van der Waals surface area contributed by atoms with Gasteiger partial charge in [-0.05, 0) is 24.3 Å². The van der Waals surface area contributed by atoms with Crippen LogP contribution < -0.4 is 9.80 Å². The van der Waals surface area contributed by atoms with Crippen molar-refractivity contribution >= 4 is 35.1 Å². The second-order valence-electron chi connectivity index (χ2n) is 6.00. The van der Waals surface area contributed by atoms with Gasteiger partial charge in [0.25, 0.3) is 0 Å². The van der Waals surface area contributed by atoms with E-state index in [-0.39, 0.29) is 37.7 Å². The maximum Gasteiger partial charge on any atom is 0.308 e. The highest BCUT2D eigenvalue weighted by Gasteiger charge is 2.36. The molecule has 3 rings (SSSR count). The number of hydrogen-bond donors (Lipinski definition) is 2. The summed E-state index contributed by atoms with van der Waals surface area (Å²) in [4.78, 5) is 48.7. The lowest BCUT2D eigenvalue weighted by Gasteiger charge is -2.19. The molecule has 1 aromatic carbocycles. The molecule has 2 aliphatic heterocycles. The molecule has 2 fully saturated rings. The van der Waals surface area contributed by atoms with Gasteiger partial charge in [-0.3, -0.25) is 19.2 Å². The fraction of sp³-hybridized carbons (Fsp3) is 0.375. The Kier molecular flexibility index (Phi) is 3.96. The maximum absolute atomic E-state index is 11.9. The van der Waals surface area contributed by atoms with Crippen LogP contribution in [0, 0.1) is 11.8 Å². The van der Waals surface area contributed by atoms with Gasteiger partial charge < -0.3 is 20.0 Å². The summed E-state index contributed by atoms with van der Waals surface area (Å²) in [5, 5.41) is 18.0. The molecule has 0 aliphatic carbocycles. The number of carboxylic acids is 2. The van der Waals surface area contributed by atoms with Crippen molar-refractivity contribution in [2.45, 2.75) is 12.8 Å². The fourth-order valence-electron chi connectivity index (χ4n) is 3.06. The third kappa shape index (κ3) is 2.82. The standard InChI is InChI=1S/C16H16N2O6/c19-13-5-9(15(21)22)7-17(13)11-1-2-12(4-3-11)18-8-10(16(23)24)6-14(18)20/h1-4,9-10H,5-8H2,(H,21,22)(H,23,24). The van der Waals surface area contributed by atoms with Gasteiger partial charge in [0.1, 0.15) is 0 Å². The maximum atomic E-state index is 11.9. The van der Waals surface area contributed by atoms with Crippen LogP contribution in [-0.2, 0) is 19.2 Å². The molecular formula is C16H16N2O6. The zero-order valence-electron chi connectivity index (χ0n) is 12.7. The largest absolute Gasteiger partial charge is 0.481 e. The Morgan fingerprint density at radius 2 is 1.12 bits per heavy atom. The average molecular weight is 332 g/mol. The van der Waals surface area contributed by atoms with Crippen LogP contribution in [0.2, 0.25) is 0 Å². The zero-order chi connectivity index (χ0) is 17.4. The Hall–Kier alpha value is -2.90. The number of carboxylic acid groups (broad SMARTS) is 2. The third-order valence-corrected chi connectivity index (χ3v) is 4.42. The van der Waals surface area contributed by atoms with Crippen LogP contribution in [0.3, 0.4) is 0 Å². The predicted molar refractivity (Wildman–Crippen MR) is 82.6 cm³/mol. The summed E-state index contributed by atoms with van der Waals surface area (Å²) < 4.78 is 0. The highest BCUT2D eigenvalue weighted by Crippen LogP contribution is 2.30. The highest BCUT2D eigenvalue weighted by molar-refractivity contribution is 6.01. The lowest BCUT2D eigenvalue weighted by Crippen LogP contribution is -2.27. The van der Waals surface area contributed by atoms with Crippen molar-refractivity contribution in [1.29, 1.82) is 0 Å². The monoisotopic (exact) mass is 332 g/mol. The number of carbonyl (C=O) groups excluding carboxylic acids is 2. The van der Waals surface area contributed by atoms with E-state index in [9.17, 15) is 19.2 Å². The van der Waals surface area contributed by atoms with Crippen LogP contribution in [-0.4, -0.2) is 47.1 Å². The molecule has 0 aromatic heterocycles. The van der Waals surface area contributed by atoms with Gasteiger partial charge >= 0.3 is 11.9 Å². The number of hydrogen-bond acceptors (Lipinski definition) is 4. The van der Waals surface area contributed by atoms with E-state index in [2.05, 4.69) is 0 Å². The molecule has 0 radical (unpaired) electrons. The van der Waals surface area contributed by atoms with E-state index in [0.717, 1.165) is 0 Å². The SMILES string of the molecule is O=C(O)C1CC(=O)N(c2ccc(N3CC(C(=O)O)CC3=O)cc2)C1. The lowest BCUT2D eigenvalue weighted by molar-refractivity contribution is -0.142. The van der Waals surface area contributed by atoms with E-state index < -0.39 is 23.8 Å². The van der Waals surface area contributed by atoms with Crippen LogP contribution >= 0.6 is 0 Å². The first-order valence-corrected chi connectivity index (χ1v) is 7.53. The average Bonchev–Trinajstić information content (AvgIpc) is 3.11. The van der Waals surface area contributed by atoms with Gasteiger partial charge in [-0.25, -0.2) is 0 Å². The van der Waals surface area contributed by atoms with Crippen LogP contribution in [0.1, 0.15) is 12.8 Å². The van der Waals surface area contributed by atoms with E-state index in [4.69, 9.17) is 10.2 Å². The topological polar surface area (TPSA) is 115 Å². The van der Waals surface area contributed by atoms with Crippen molar-refractivity contribution in [3.8, 4) is 0 Å². The van der Waals surface area contributed by atoms with Crippen LogP contribution in [0.25, 0.3) is 0 Å². The molecule has 2 aliphatic rings. The summed E-state index contributed by atoms with van der Waals surface area (Å²) in [6.07, 6.45) is -0.0516. The number of carbonyl (C=O) groups is 4. The first-order valence-electron chi connectivity index (χ1n) is 7.53. The second kappa shape index (κ2) is 5.95. The van der Waals surface area contributed by atoms with Gasteiger partial charge in [0, 0.05) is 37.3 Å². The molecule has 2 amide bonds. The molecule has 2 N–H and O–H groups in total. The van der Waals surface area contributed by atoms with Crippen molar-refractivity contribution in [3.05, 3.63) is 24.3 Å². The summed E-state index contributed by atoms with van der Waals surface area (Å²) in [7, 11) is 0. The molecule has 8 heteroatoms. The van der Waals surface area contributed by atoms with E-state index in [1.54, 1.807) is 24.3 Å². The molecule has 1 aromatic rings. The molecule has 0 bridgehead atoms. The molecule has 2 atom stereocenters. The minimum absolute atomic E-state index is 0.0258. The molecule has 126 valence electrons. The van der Waals surface area contributed by atoms with Crippen molar-refractivity contribution in [2.75, 3.05) is 22.9 Å². The van der Waals surface area contributed by atoms with Crippen molar-refractivity contribution in [1.82, 2.24) is 0 Å². The number of aliphatic carboxylic acids is 2. The molecule has 8 nitrogen and oxygen atoms in total. The summed E-state index contributed by atoms with van der Waals surface area (Å²) in [6.45, 7) is 0.245. The van der Waals surface area contributed by atoms with Crippen molar-refractivity contribution in [3.63, 3.8) is 0 Å².